The standard InChI is InChI=1S/C15H23N3O3/c1-11(2)16-14(19)9-18(3)10-15(20)17-12-6-5-7-13(8-12)21-4/h5-8,11H,9-10H2,1-4H3,(H,16,19)(H,17,20). The van der Waals surface area contributed by atoms with E-state index in [0.29, 0.717) is 11.4 Å². The van der Waals surface area contributed by atoms with Crippen molar-refractivity contribution in [3.05, 3.63) is 24.3 Å². The minimum absolute atomic E-state index is 0.0940. The third-order valence-electron chi connectivity index (χ3n) is 2.63. The first-order chi connectivity index (χ1) is 9.90. The van der Waals surface area contributed by atoms with Gasteiger partial charge in [0.05, 0.1) is 20.2 Å². The molecule has 0 aliphatic heterocycles. The molecule has 0 saturated carbocycles. The molecule has 0 atom stereocenters. The summed E-state index contributed by atoms with van der Waals surface area (Å²) in [6.07, 6.45) is 0. The Morgan fingerprint density at radius 1 is 1.24 bits per heavy atom. The van der Waals surface area contributed by atoms with E-state index in [4.69, 9.17) is 4.74 Å². The van der Waals surface area contributed by atoms with Crippen LogP contribution in [0.3, 0.4) is 0 Å². The van der Waals surface area contributed by atoms with Crippen molar-refractivity contribution >= 4 is 17.5 Å². The Morgan fingerprint density at radius 3 is 2.52 bits per heavy atom. The molecule has 1 rings (SSSR count). The van der Waals surface area contributed by atoms with Crippen LogP contribution >= 0.6 is 0 Å². The predicted octanol–water partition coefficient (Wildman–Crippen LogP) is 1.09. The highest BCUT2D eigenvalue weighted by atomic mass is 16.5. The molecule has 0 aliphatic rings. The first-order valence-corrected chi connectivity index (χ1v) is 6.82. The molecule has 0 heterocycles. The van der Waals surface area contributed by atoms with E-state index in [1.807, 2.05) is 13.8 Å². The number of benzene rings is 1. The predicted molar refractivity (Wildman–Crippen MR) is 82.4 cm³/mol. The van der Waals surface area contributed by atoms with Crippen LogP contribution in [0, 0.1) is 0 Å². The number of carbonyl (C=O) groups excluding carboxylic acids is 2. The van der Waals surface area contributed by atoms with Crippen molar-refractivity contribution in [2.24, 2.45) is 0 Å². The van der Waals surface area contributed by atoms with Gasteiger partial charge in [-0.1, -0.05) is 6.07 Å². The van der Waals surface area contributed by atoms with Gasteiger partial charge in [-0.05, 0) is 33.0 Å². The van der Waals surface area contributed by atoms with Crippen molar-refractivity contribution in [2.75, 3.05) is 32.6 Å². The summed E-state index contributed by atoms with van der Waals surface area (Å²) in [4.78, 5) is 25.1. The molecular weight excluding hydrogens is 270 g/mol. The summed E-state index contributed by atoms with van der Waals surface area (Å²) >= 11 is 0. The van der Waals surface area contributed by atoms with E-state index < -0.39 is 0 Å². The zero-order valence-corrected chi connectivity index (χ0v) is 13.0. The molecule has 0 bridgehead atoms. The number of anilines is 1. The van der Waals surface area contributed by atoms with E-state index in [1.165, 1.54) is 0 Å². The van der Waals surface area contributed by atoms with Gasteiger partial charge >= 0.3 is 0 Å². The minimum Gasteiger partial charge on any atom is -0.497 e. The Hall–Kier alpha value is -2.08. The quantitative estimate of drug-likeness (QED) is 0.789. The Kier molecular flexibility index (Phi) is 6.68. The first kappa shape index (κ1) is 17.0. The Balaban J connectivity index is 2.43. The largest absolute Gasteiger partial charge is 0.497 e. The molecule has 0 fully saturated rings. The second kappa shape index (κ2) is 8.26. The van der Waals surface area contributed by atoms with Gasteiger partial charge < -0.3 is 15.4 Å². The van der Waals surface area contributed by atoms with Gasteiger partial charge in [0.2, 0.25) is 11.8 Å². The van der Waals surface area contributed by atoms with Crippen LogP contribution in [0.5, 0.6) is 5.75 Å². The second-order valence-electron chi connectivity index (χ2n) is 5.17. The van der Waals surface area contributed by atoms with Crippen LogP contribution < -0.4 is 15.4 Å². The van der Waals surface area contributed by atoms with Gasteiger partial charge in [0, 0.05) is 17.8 Å². The van der Waals surface area contributed by atoms with Crippen molar-refractivity contribution in [1.82, 2.24) is 10.2 Å². The number of nitrogens with one attached hydrogen (secondary N) is 2. The molecule has 0 unspecified atom stereocenters. The molecule has 0 aliphatic carbocycles. The van der Waals surface area contributed by atoms with Crippen molar-refractivity contribution in [1.29, 1.82) is 0 Å². The second-order valence-corrected chi connectivity index (χ2v) is 5.17. The summed E-state index contributed by atoms with van der Waals surface area (Å²) in [6, 6.07) is 7.22. The van der Waals surface area contributed by atoms with Gasteiger partial charge in [-0.25, -0.2) is 0 Å². The Bertz CT molecular complexity index is 489. The van der Waals surface area contributed by atoms with Gasteiger partial charge in [0.15, 0.2) is 0 Å². The normalized spacial score (nSPS) is 10.6. The average Bonchev–Trinajstić information content (AvgIpc) is 2.37. The van der Waals surface area contributed by atoms with Crippen LogP contribution in [0.25, 0.3) is 0 Å². The molecule has 0 aromatic heterocycles. The van der Waals surface area contributed by atoms with Crippen LogP contribution in [-0.4, -0.2) is 50.0 Å². The SMILES string of the molecule is COc1cccc(NC(=O)CN(C)CC(=O)NC(C)C)c1. The molecule has 2 amide bonds. The number of hydrogen-bond donors (Lipinski definition) is 2. The molecule has 0 spiro atoms. The number of amides is 2. The summed E-state index contributed by atoms with van der Waals surface area (Å²) in [7, 11) is 3.30. The maximum Gasteiger partial charge on any atom is 0.238 e. The lowest BCUT2D eigenvalue weighted by Crippen LogP contribution is -2.41. The fourth-order valence-corrected chi connectivity index (χ4v) is 1.82. The molecule has 6 nitrogen and oxygen atoms in total. The van der Waals surface area contributed by atoms with Crippen molar-refractivity contribution in [3.63, 3.8) is 0 Å². The minimum atomic E-state index is -0.178. The van der Waals surface area contributed by atoms with E-state index in [1.54, 1.807) is 43.3 Å². The zero-order chi connectivity index (χ0) is 15.8. The smallest absolute Gasteiger partial charge is 0.238 e. The van der Waals surface area contributed by atoms with Crippen LogP contribution in [0.2, 0.25) is 0 Å². The number of methoxy groups -OCH3 is 1. The number of nitrogens with zero attached hydrogens (tertiary/aromatic N) is 1. The summed E-state index contributed by atoms with van der Waals surface area (Å²) < 4.78 is 5.09. The molecule has 1 aromatic carbocycles. The highest BCUT2D eigenvalue weighted by molar-refractivity contribution is 5.92. The maximum atomic E-state index is 11.9. The van der Waals surface area contributed by atoms with E-state index in [-0.39, 0.29) is 30.9 Å². The highest BCUT2D eigenvalue weighted by Gasteiger charge is 2.11. The molecule has 0 radical (unpaired) electrons. The zero-order valence-electron chi connectivity index (χ0n) is 13.0. The van der Waals surface area contributed by atoms with Crippen molar-refractivity contribution < 1.29 is 14.3 Å². The lowest BCUT2D eigenvalue weighted by atomic mass is 10.3. The molecule has 6 heteroatoms. The highest BCUT2D eigenvalue weighted by Crippen LogP contribution is 2.16. The van der Waals surface area contributed by atoms with Crippen molar-refractivity contribution in [2.45, 2.75) is 19.9 Å². The molecule has 0 saturated heterocycles. The maximum absolute atomic E-state index is 11.9. The summed E-state index contributed by atoms with van der Waals surface area (Å²) in [5.41, 5.74) is 0.666. The lowest BCUT2D eigenvalue weighted by molar-refractivity contribution is -0.123. The van der Waals surface area contributed by atoms with Crippen LogP contribution in [0.4, 0.5) is 5.69 Å². The van der Waals surface area contributed by atoms with Gasteiger partial charge in [-0.2, -0.15) is 0 Å². The number of carbonyl (C=O) groups is 2. The van der Waals surface area contributed by atoms with Crippen LogP contribution in [0.1, 0.15) is 13.8 Å². The topological polar surface area (TPSA) is 70.7 Å². The molecule has 116 valence electrons. The monoisotopic (exact) mass is 293 g/mol. The third-order valence-corrected chi connectivity index (χ3v) is 2.63. The van der Waals surface area contributed by atoms with E-state index >= 15 is 0 Å². The van der Waals surface area contributed by atoms with E-state index in [9.17, 15) is 9.59 Å². The van der Waals surface area contributed by atoms with E-state index in [2.05, 4.69) is 10.6 Å². The fourth-order valence-electron chi connectivity index (χ4n) is 1.82. The Labute approximate surface area is 125 Å². The van der Waals surface area contributed by atoms with E-state index in [0.717, 1.165) is 0 Å². The van der Waals surface area contributed by atoms with Gasteiger partial charge in [0.1, 0.15) is 5.75 Å². The fraction of sp³-hybridized carbons (Fsp3) is 0.467. The third kappa shape index (κ3) is 6.76. The van der Waals surface area contributed by atoms with Crippen LogP contribution in [0.15, 0.2) is 24.3 Å². The Morgan fingerprint density at radius 2 is 1.90 bits per heavy atom. The molecular formula is C15H23N3O3. The lowest BCUT2D eigenvalue weighted by Gasteiger charge is -2.17. The number of ether oxygens (including phenoxy) is 1. The van der Waals surface area contributed by atoms with Crippen molar-refractivity contribution in [3.8, 4) is 5.75 Å². The first-order valence-electron chi connectivity index (χ1n) is 6.82. The molecule has 1 aromatic rings. The van der Waals surface area contributed by atoms with Gasteiger partial charge in [0.25, 0.3) is 0 Å². The van der Waals surface area contributed by atoms with Crippen LogP contribution in [-0.2, 0) is 9.59 Å². The molecule has 21 heavy (non-hydrogen) atoms. The summed E-state index contributed by atoms with van der Waals surface area (Å²) in [5, 5.41) is 5.55. The number of hydrogen-bond acceptors (Lipinski definition) is 4. The summed E-state index contributed by atoms with van der Waals surface area (Å²) in [5.74, 6) is 0.405. The average molecular weight is 293 g/mol. The molecule has 2 N–H and O–H groups in total. The van der Waals surface area contributed by atoms with Gasteiger partial charge in [-0.15, -0.1) is 0 Å². The number of rotatable bonds is 7. The number of likely N-dealkylation sites (N-methyl/N-ethyl adjacent to an activating group) is 1. The summed E-state index contributed by atoms with van der Waals surface area (Å²) in [6.45, 7) is 4.12. The van der Waals surface area contributed by atoms with Gasteiger partial charge in [-0.3, -0.25) is 14.5 Å².